The number of hydrogen-bond acceptors (Lipinski definition) is 2. The van der Waals surface area contributed by atoms with Crippen molar-refractivity contribution in [2.75, 3.05) is 33.2 Å². The van der Waals surface area contributed by atoms with Crippen LogP contribution in [-0.4, -0.2) is 38.1 Å². The van der Waals surface area contributed by atoms with Crippen molar-refractivity contribution in [3.05, 3.63) is 0 Å². The molecule has 1 aliphatic rings. The number of nitrogens with zero attached hydrogens (tertiary/aromatic N) is 1. The minimum absolute atomic E-state index is 1.16. The Bertz CT molecular complexity index is 66.0. The van der Waals surface area contributed by atoms with Gasteiger partial charge in [0.2, 0.25) is 0 Å². The Hall–Kier alpha value is -0.0800. The fraction of sp³-hybridized carbons (Fsp3) is 1.00. The lowest BCUT2D eigenvalue weighted by Gasteiger charge is -2.19. The maximum atomic E-state index is 3.38. The molecule has 0 atom stereocenters. The summed E-state index contributed by atoms with van der Waals surface area (Å²) in [5, 5.41) is 3.38. The van der Waals surface area contributed by atoms with Crippen molar-refractivity contribution in [2.45, 2.75) is 26.7 Å². The van der Waals surface area contributed by atoms with Crippen LogP contribution < -0.4 is 5.32 Å². The van der Waals surface area contributed by atoms with Gasteiger partial charge in [-0.05, 0) is 33.0 Å². The molecule has 1 fully saturated rings. The maximum absolute atomic E-state index is 3.38. The lowest BCUT2D eigenvalue weighted by atomic mass is 10.2. The number of rotatable bonds is 0. The van der Waals surface area contributed by atoms with Crippen molar-refractivity contribution in [3.63, 3.8) is 0 Å². The van der Waals surface area contributed by atoms with E-state index in [0.717, 1.165) is 6.54 Å². The highest BCUT2D eigenvalue weighted by molar-refractivity contribution is 4.59. The zero-order valence-corrected chi connectivity index (χ0v) is 8.19. The largest absolute Gasteiger partial charge is 0.315 e. The number of hydrogen-bond donors (Lipinski definition) is 1. The second-order valence-electron chi connectivity index (χ2n) is 2.76. The summed E-state index contributed by atoms with van der Waals surface area (Å²) < 4.78 is 0. The topological polar surface area (TPSA) is 15.3 Å². The number of nitrogens with one attached hydrogen (secondary N) is 1. The van der Waals surface area contributed by atoms with Crippen LogP contribution >= 0.6 is 0 Å². The van der Waals surface area contributed by atoms with Crippen LogP contribution in [0.3, 0.4) is 0 Å². The Morgan fingerprint density at radius 3 is 2.45 bits per heavy atom. The van der Waals surface area contributed by atoms with Crippen LogP contribution in [0.25, 0.3) is 0 Å². The Morgan fingerprint density at radius 1 is 1.00 bits per heavy atom. The van der Waals surface area contributed by atoms with Gasteiger partial charge in [0.25, 0.3) is 0 Å². The van der Waals surface area contributed by atoms with Crippen molar-refractivity contribution < 1.29 is 0 Å². The summed E-state index contributed by atoms with van der Waals surface area (Å²) >= 11 is 0. The second kappa shape index (κ2) is 8.02. The molecule has 0 radical (unpaired) electrons. The molecule has 0 aliphatic carbocycles. The summed E-state index contributed by atoms with van der Waals surface area (Å²) in [6.45, 7) is 8.87. The standard InChI is InChI=1S/C7H16N2.C2H6/c1-9-6-3-2-4-8-5-7-9;1-2/h8H,2-7H2,1H3;1-2H3. The molecule has 11 heavy (non-hydrogen) atoms. The third-order valence-electron chi connectivity index (χ3n) is 1.81. The number of likely N-dealkylation sites (N-methyl/N-ethyl adjacent to an activating group) is 1. The Kier molecular flexibility index (Phi) is 7.96. The molecule has 0 bridgehead atoms. The van der Waals surface area contributed by atoms with Gasteiger partial charge in [-0.15, -0.1) is 0 Å². The van der Waals surface area contributed by atoms with Crippen molar-refractivity contribution in [3.8, 4) is 0 Å². The quantitative estimate of drug-likeness (QED) is 0.572. The molecule has 2 nitrogen and oxygen atoms in total. The van der Waals surface area contributed by atoms with Gasteiger partial charge in [-0.2, -0.15) is 0 Å². The van der Waals surface area contributed by atoms with Gasteiger partial charge in [-0.25, -0.2) is 0 Å². The van der Waals surface area contributed by atoms with E-state index in [1.54, 1.807) is 0 Å². The molecule has 0 aromatic heterocycles. The molecular formula is C9H22N2. The van der Waals surface area contributed by atoms with Crippen molar-refractivity contribution >= 4 is 0 Å². The van der Waals surface area contributed by atoms with Crippen molar-refractivity contribution in [1.29, 1.82) is 0 Å². The molecular weight excluding hydrogens is 136 g/mol. The summed E-state index contributed by atoms with van der Waals surface area (Å²) in [6, 6.07) is 0. The fourth-order valence-electron chi connectivity index (χ4n) is 1.14. The monoisotopic (exact) mass is 158 g/mol. The van der Waals surface area contributed by atoms with E-state index in [0.29, 0.717) is 0 Å². The highest BCUT2D eigenvalue weighted by atomic mass is 15.1. The highest BCUT2D eigenvalue weighted by Crippen LogP contribution is 1.93. The Morgan fingerprint density at radius 2 is 1.73 bits per heavy atom. The Labute approximate surface area is 71.0 Å². The lowest BCUT2D eigenvalue weighted by molar-refractivity contribution is 0.306. The van der Waals surface area contributed by atoms with E-state index in [1.807, 2.05) is 13.8 Å². The van der Waals surface area contributed by atoms with Gasteiger partial charge in [0.15, 0.2) is 0 Å². The first kappa shape index (κ1) is 10.9. The zero-order chi connectivity index (χ0) is 8.53. The predicted molar refractivity (Wildman–Crippen MR) is 50.9 cm³/mol. The van der Waals surface area contributed by atoms with Gasteiger partial charge >= 0.3 is 0 Å². The third kappa shape index (κ3) is 6.32. The summed E-state index contributed by atoms with van der Waals surface area (Å²) in [6.07, 6.45) is 2.69. The van der Waals surface area contributed by atoms with E-state index in [9.17, 15) is 0 Å². The van der Waals surface area contributed by atoms with Gasteiger partial charge < -0.3 is 10.2 Å². The molecule has 1 rings (SSSR count). The molecule has 0 unspecified atom stereocenters. The summed E-state index contributed by atoms with van der Waals surface area (Å²) in [7, 11) is 2.19. The molecule has 0 saturated carbocycles. The zero-order valence-electron chi connectivity index (χ0n) is 8.19. The first-order chi connectivity index (χ1) is 5.39. The maximum Gasteiger partial charge on any atom is 0.0104 e. The molecule has 1 saturated heterocycles. The van der Waals surface area contributed by atoms with E-state index in [2.05, 4.69) is 17.3 Å². The summed E-state index contributed by atoms with van der Waals surface area (Å²) in [5.74, 6) is 0. The summed E-state index contributed by atoms with van der Waals surface area (Å²) in [5.41, 5.74) is 0. The van der Waals surface area contributed by atoms with Gasteiger partial charge in [0, 0.05) is 13.1 Å². The van der Waals surface area contributed by atoms with Crippen LogP contribution in [0.2, 0.25) is 0 Å². The normalized spacial score (nSPS) is 21.0. The molecule has 0 aromatic carbocycles. The van der Waals surface area contributed by atoms with Crippen LogP contribution in [-0.2, 0) is 0 Å². The molecule has 68 valence electrons. The predicted octanol–water partition coefficient (Wildman–Crippen LogP) is 1.33. The average molecular weight is 158 g/mol. The van der Waals surface area contributed by atoms with E-state index in [1.165, 1.54) is 32.5 Å². The summed E-state index contributed by atoms with van der Waals surface area (Å²) in [4.78, 5) is 2.38. The Balaban J connectivity index is 0.000000461. The minimum atomic E-state index is 1.16. The molecule has 0 spiro atoms. The van der Waals surface area contributed by atoms with Crippen LogP contribution in [0, 0.1) is 0 Å². The van der Waals surface area contributed by atoms with E-state index in [-0.39, 0.29) is 0 Å². The minimum Gasteiger partial charge on any atom is -0.315 e. The molecule has 2 heteroatoms. The van der Waals surface area contributed by atoms with Gasteiger partial charge in [-0.1, -0.05) is 13.8 Å². The van der Waals surface area contributed by atoms with Gasteiger partial charge in [0.05, 0.1) is 0 Å². The van der Waals surface area contributed by atoms with Crippen LogP contribution in [0.4, 0.5) is 0 Å². The molecule has 1 heterocycles. The highest BCUT2D eigenvalue weighted by Gasteiger charge is 2.00. The van der Waals surface area contributed by atoms with E-state index in [4.69, 9.17) is 0 Å². The van der Waals surface area contributed by atoms with E-state index < -0.39 is 0 Å². The third-order valence-corrected chi connectivity index (χ3v) is 1.81. The first-order valence-corrected chi connectivity index (χ1v) is 4.79. The van der Waals surface area contributed by atoms with Crippen LogP contribution in [0.5, 0.6) is 0 Å². The molecule has 1 aliphatic heterocycles. The van der Waals surface area contributed by atoms with Crippen molar-refractivity contribution in [1.82, 2.24) is 10.2 Å². The lowest BCUT2D eigenvalue weighted by Crippen LogP contribution is -2.33. The van der Waals surface area contributed by atoms with Crippen LogP contribution in [0.1, 0.15) is 26.7 Å². The molecule has 0 aromatic rings. The second-order valence-corrected chi connectivity index (χ2v) is 2.76. The SMILES string of the molecule is CC.CN1CCCCNCC1. The smallest absolute Gasteiger partial charge is 0.0104 e. The average Bonchev–Trinajstić information content (AvgIpc) is 2.01. The van der Waals surface area contributed by atoms with E-state index >= 15 is 0 Å². The first-order valence-electron chi connectivity index (χ1n) is 4.79. The van der Waals surface area contributed by atoms with Crippen LogP contribution in [0.15, 0.2) is 0 Å². The molecule has 1 N–H and O–H groups in total. The molecule has 0 amide bonds. The van der Waals surface area contributed by atoms with Gasteiger partial charge in [0.1, 0.15) is 0 Å². The fourth-order valence-corrected chi connectivity index (χ4v) is 1.14. The van der Waals surface area contributed by atoms with Crippen molar-refractivity contribution in [2.24, 2.45) is 0 Å². The van der Waals surface area contributed by atoms with Gasteiger partial charge in [-0.3, -0.25) is 0 Å².